The van der Waals surface area contributed by atoms with Crippen molar-refractivity contribution in [2.24, 2.45) is 0 Å². The molecule has 0 saturated heterocycles. The molecule has 0 aromatic heterocycles. The predicted molar refractivity (Wildman–Crippen MR) is 50.3 cm³/mol. The fourth-order valence-corrected chi connectivity index (χ4v) is 0.630. The number of hydrogen-bond donors (Lipinski definition) is 2. The van der Waals surface area contributed by atoms with Crippen LogP contribution in [0, 0.1) is 0 Å². The maximum Gasteiger partial charge on any atom is 0.308 e. The van der Waals surface area contributed by atoms with Gasteiger partial charge in [-0.2, -0.15) is 0 Å². The van der Waals surface area contributed by atoms with Gasteiger partial charge in [-0.25, -0.2) is 0 Å². The van der Waals surface area contributed by atoms with Crippen molar-refractivity contribution in [3.05, 3.63) is 0 Å². The second-order valence-corrected chi connectivity index (χ2v) is 2.63. The van der Waals surface area contributed by atoms with Crippen LogP contribution in [-0.4, -0.2) is 36.0 Å². The van der Waals surface area contributed by atoms with Crippen molar-refractivity contribution in [1.29, 1.82) is 0 Å². The molecule has 0 aromatic rings. The van der Waals surface area contributed by atoms with E-state index in [9.17, 15) is 4.79 Å². The highest BCUT2D eigenvalue weighted by molar-refractivity contribution is 5.69. The minimum atomic E-state index is -0.593. The molecule has 2 N–H and O–H groups in total. The van der Waals surface area contributed by atoms with Gasteiger partial charge >= 0.3 is 5.97 Å². The first-order valence-electron chi connectivity index (χ1n) is 4.45. The molecule has 0 saturated carbocycles. The summed E-state index contributed by atoms with van der Waals surface area (Å²) < 4.78 is 4.79. The third kappa shape index (κ3) is 14.3. The molecule has 0 unspecified atom stereocenters. The second-order valence-electron chi connectivity index (χ2n) is 2.63. The summed E-state index contributed by atoms with van der Waals surface area (Å²) in [5.41, 5.74) is 0. The highest BCUT2D eigenvalue weighted by Crippen LogP contribution is 1.95. The molecule has 0 aliphatic heterocycles. The largest absolute Gasteiger partial charge is 0.466 e. The quantitative estimate of drug-likeness (QED) is 0.497. The molecule has 0 bridgehead atoms. The van der Waals surface area contributed by atoms with E-state index >= 15 is 0 Å². The van der Waals surface area contributed by atoms with Crippen molar-refractivity contribution in [3.8, 4) is 0 Å². The number of rotatable bonds is 5. The molecule has 0 spiro atoms. The minimum Gasteiger partial charge on any atom is -0.466 e. The lowest BCUT2D eigenvalue weighted by Crippen LogP contribution is -2.12. The molecule has 1 atom stereocenters. The molecule has 0 radical (unpaired) electrons. The van der Waals surface area contributed by atoms with E-state index in [0.717, 1.165) is 20.0 Å². The van der Waals surface area contributed by atoms with Crippen LogP contribution in [0.2, 0.25) is 0 Å². The predicted octanol–water partition coefficient (Wildman–Crippen LogP) is 0.709. The number of aliphatic hydroxyl groups excluding tert-OH is 2. The lowest BCUT2D eigenvalue weighted by atomic mass is 10.3. The lowest BCUT2D eigenvalue weighted by molar-refractivity contribution is -0.145. The Labute approximate surface area is 79.5 Å². The first kappa shape index (κ1) is 14.9. The smallest absolute Gasteiger partial charge is 0.308 e. The molecule has 4 heteroatoms. The van der Waals surface area contributed by atoms with Gasteiger partial charge < -0.3 is 14.9 Å². The van der Waals surface area contributed by atoms with E-state index in [0.29, 0.717) is 6.61 Å². The van der Waals surface area contributed by atoms with E-state index in [1.807, 2.05) is 6.92 Å². The monoisotopic (exact) mass is 192 g/mol. The number of esters is 1. The summed E-state index contributed by atoms with van der Waals surface area (Å²) in [6.45, 7) is 4.08. The zero-order valence-corrected chi connectivity index (χ0v) is 8.62. The van der Waals surface area contributed by atoms with Crippen LogP contribution in [-0.2, 0) is 9.53 Å². The van der Waals surface area contributed by atoms with Crippen molar-refractivity contribution in [1.82, 2.24) is 0 Å². The van der Waals surface area contributed by atoms with Crippen LogP contribution in [0.4, 0.5) is 0 Å². The molecule has 13 heavy (non-hydrogen) atoms. The summed E-state index contributed by atoms with van der Waals surface area (Å²) in [6, 6.07) is 0. The number of carbonyl (C=O) groups excluding carboxylic acids is 1. The Balaban J connectivity index is 0. The van der Waals surface area contributed by atoms with Gasteiger partial charge in [-0.1, -0.05) is 13.3 Å². The number of unbranched alkanes of at least 4 members (excludes halogenated alkanes) is 1. The Kier molecular flexibility index (Phi) is 13.0. The molecule has 0 amide bonds. The molecule has 0 aromatic carbocycles. The van der Waals surface area contributed by atoms with Gasteiger partial charge in [0.2, 0.25) is 0 Å². The Morgan fingerprint density at radius 2 is 2.00 bits per heavy atom. The van der Waals surface area contributed by atoms with E-state index < -0.39 is 6.10 Å². The van der Waals surface area contributed by atoms with Crippen LogP contribution in [0.3, 0.4) is 0 Å². The summed E-state index contributed by atoms with van der Waals surface area (Å²) in [5, 5.41) is 15.8. The average Bonchev–Trinajstić information content (AvgIpc) is 2.07. The van der Waals surface area contributed by atoms with E-state index in [4.69, 9.17) is 14.9 Å². The van der Waals surface area contributed by atoms with Gasteiger partial charge in [0.1, 0.15) is 0 Å². The molecule has 0 heterocycles. The maximum atomic E-state index is 10.7. The number of ether oxygens (including phenoxy) is 1. The molecule has 80 valence electrons. The zero-order valence-electron chi connectivity index (χ0n) is 8.62. The van der Waals surface area contributed by atoms with Crippen molar-refractivity contribution in [2.45, 2.75) is 39.2 Å². The van der Waals surface area contributed by atoms with Crippen molar-refractivity contribution in [2.75, 3.05) is 13.7 Å². The van der Waals surface area contributed by atoms with Gasteiger partial charge in [0, 0.05) is 7.11 Å². The van der Waals surface area contributed by atoms with Gasteiger partial charge in [-0.15, -0.1) is 0 Å². The first-order chi connectivity index (χ1) is 6.16. The van der Waals surface area contributed by atoms with Crippen LogP contribution in [0.5, 0.6) is 0 Å². The highest BCUT2D eigenvalue weighted by Gasteiger charge is 2.05. The van der Waals surface area contributed by atoms with Crippen LogP contribution in [0.15, 0.2) is 0 Å². The van der Waals surface area contributed by atoms with Gasteiger partial charge in [-0.3, -0.25) is 4.79 Å². The summed E-state index contributed by atoms with van der Waals surface area (Å²) in [5.74, 6) is -0.312. The van der Waals surface area contributed by atoms with Gasteiger partial charge in [0.05, 0.1) is 19.1 Å². The van der Waals surface area contributed by atoms with E-state index in [2.05, 4.69) is 0 Å². The Morgan fingerprint density at radius 1 is 1.46 bits per heavy atom. The summed E-state index contributed by atoms with van der Waals surface area (Å²) in [6.07, 6.45) is 1.42. The van der Waals surface area contributed by atoms with Crippen LogP contribution >= 0.6 is 0 Å². The number of aliphatic hydroxyl groups is 2. The standard InChI is InChI=1S/C8H16O3.CH4O/c1-3-4-5-11-8(10)6-7(2)9;1-2/h7,9H,3-6H2,1-2H3;2H,1H3/t7-;/m1./s1. The third-order valence-electron chi connectivity index (χ3n) is 1.22. The fraction of sp³-hybridized carbons (Fsp3) is 0.889. The normalized spacial score (nSPS) is 11.2. The third-order valence-corrected chi connectivity index (χ3v) is 1.22. The van der Waals surface area contributed by atoms with Gasteiger partial charge in [0.25, 0.3) is 0 Å². The number of carbonyl (C=O) groups is 1. The van der Waals surface area contributed by atoms with Crippen molar-refractivity contribution >= 4 is 5.97 Å². The van der Waals surface area contributed by atoms with E-state index in [-0.39, 0.29) is 12.4 Å². The van der Waals surface area contributed by atoms with Crippen LogP contribution in [0.1, 0.15) is 33.1 Å². The summed E-state index contributed by atoms with van der Waals surface area (Å²) >= 11 is 0. The molecule has 0 aliphatic rings. The summed E-state index contributed by atoms with van der Waals surface area (Å²) in [7, 11) is 1.00. The van der Waals surface area contributed by atoms with E-state index in [1.54, 1.807) is 6.92 Å². The average molecular weight is 192 g/mol. The lowest BCUT2D eigenvalue weighted by Gasteiger charge is -2.04. The Morgan fingerprint density at radius 3 is 2.38 bits per heavy atom. The van der Waals surface area contributed by atoms with Crippen molar-refractivity contribution in [3.63, 3.8) is 0 Å². The molecule has 0 fully saturated rings. The first-order valence-corrected chi connectivity index (χ1v) is 4.45. The highest BCUT2D eigenvalue weighted by atomic mass is 16.5. The summed E-state index contributed by atoms with van der Waals surface area (Å²) in [4.78, 5) is 10.7. The minimum absolute atomic E-state index is 0.101. The van der Waals surface area contributed by atoms with Gasteiger partial charge in [-0.05, 0) is 13.3 Å². The van der Waals surface area contributed by atoms with Crippen LogP contribution < -0.4 is 0 Å². The van der Waals surface area contributed by atoms with Crippen molar-refractivity contribution < 1.29 is 19.7 Å². The molecule has 4 nitrogen and oxygen atoms in total. The van der Waals surface area contributed by atoms with Gasteiger partial charge in [0.15, 0.2) is 0 Å². The molecule has 0 rings (SSSR count). The fourth-order valence-electron chi connectivity index (χ4n) is 0.630. The Bertz CT molecular complexity index is 112. The second kappa shape index (κ2) is 11.4. The SMILES string of the molecule is CCCCOC(=O)C[C@@H](C)O.CO. The maximum absolute atomic E-state index is 10.7. The Hall–Kier alpha value is -0.610. The van der Waals surface area contributed by atoms with Crippen LogP contribution in [0.25, 0.3) is 0 Å². The molecular weight excluding hydrogens is 172 g/mol. The molecular formula is C9H20O4. The van der Waals surface area contributed by atoms with E-state index in [1.165, 1.54) is 0 Å². The molecule has 0 aliphatic carbocycles. The topological polar surface area (TPSA) is 66.8 Å². The zero-order chi connectivity index (χ0) is 10.7. The number of hydrogen-bond acceptors (Lipinski definition) is 4.